The lowest BCUT2D eigenvalue weighted by Gasteiger charge is -2.38. The van der Waals surface area contributed by atoms with E-state index in [1.165, 1.54) is 73.8 Å². The number of hydrogen-bond acceptors (Lipinski definition) is 1. The van der Waals surface area contributed by atoms with Gasteiger partial charge in [-0.3, -0.25) is 4.48 Å². The largest absolute Gasteiger partial charge is 0.370 e. The Labute approximate surface area is 124 Å². The predicted molar refractivity (Wildman–Crippen MR) is 82.2 cm³/mol. The second-order valence-corrected chi connectivity index (χ2v) is 7.79. The summed E-state index contributed by atoms with van der Waals surface area (Å²) in [6, 6.07) is 0. The molecule has 0 spiro atoms. The van der Waals surface area contributed by atoms with Gasteiger partial charge in [0.2, 0.25) is 0 Å². The minimum Gasteiger partial charge on any atom is -0.370 e. The Bertz CT molecular complexity index is 373. The standard InChI is InChI=1S/C17H32N2O/c1-18(10-12-20-13-11-18)8-5-9-19(2)14-16-6-3-4-7-17(16)15-19/h14,17H,3-13,15H2,1-2H3/q+2. The fourth-order valence-corrected chi connectivity index (χ4v) is 4.42. The second kappa shape index (κ2) is 5.78. The molecule has 0 amide bonds. The van der Waals surface area contributed by atoms with Crippen molar-refractivity contribution in [2.75, 3.05) is 60.0 Å². The molecule has 3 rings (SSSR count). The van der Waals surface area contributed by atoms with Gasteiger partial charge >= 0.3 is 0 Å². The minimum atomic E-state index is 0.918. The number of morpholine rings is 1. The molecular weight excluding hydrogens is 248 g/mol. The SMILES string of the molecule is C[N+]1(CCC[N+]2(C)CCOCC2)C=C2CCCCC2C1. The van der Waals surface area contributed by atoms with Crippen molar-refractivity contribution in [3.8, 4) is 0 Å². The van der Waals surface area contributed by atoms with E-state index in [0.717, 1.165) is 19.1 Å². The molecule has 0 N–H and O–H groups in total. The van der Waals surface area contributed by atoms with Crippen LogP contribution < -0.4 is 0 Å². The summed E-state index contributed by atoms with van der Waals surface area (Å²) in [5, 5.41) is 0. The Morgan fingerprint density at radius 1 is 1.15 bits per heavy atom. The van der Waals surface area contributed by atoms with Crippen LogP contribution in [0.1, 0.15) is 32.1 Å². The van der Waals surface area contributed by atoms with Crippen molar-refractivity contribution in [3.05, 3.63) is 11.8 Å². The van der Waals surface area contributed by atoms with Crippen LogP contribution in [-0.2, 0) is 4.74 Å². The molecule has 3 heteroatoms. The molecule has 3 nitrogen and oxygen atoms in total. The summed E-state index contributed by atoms with van der Waals surface area (Å²) in [6.45, 7) is 8.34. The average molecular weight is 280 g/mol. The van der Waals surface area contributed by atoms with E-state index in [4.69, 9.17) is 4.74 Å². The van der Waals surface area contributed by atoms with Gasteiger partial charge in [-0.25, -0.2) is 0 Å². The number of rotatable bonds is 4. The van der Waals surface area contributed by atoms with Crippen LogP contribution in [0, 0.1) is 5.92 Å². The summed E-state index contributed by atoms with van der Waals surface area (Å²) in [5.41, 5.74) is 1.78. The summed E-state index contributed by atoms with van der Waals surface area (Å²) < 4.78 is 7.93. The molecule has 1 aliphatic carbocycles. The highest BCUT2D eigenvalue weighted by molar-refractivity contribution is 5.10. The highest BCUT2D eigenvalue weighted by Gasteiger charge is 2.37. The Morgan fingerprint density at radius 2 is 1.95 bits per heavy atom. The lowest BCUT2D eigenvalue weighted by molar-refractivity contribution is -0.922. The first-order valence-electron chi connectivity index (χ1n) is 8.56. The maximum absolute atomic E-state index is 5.50. The Hall–Kier alpha value is -0.380. The molecule has 0 radical (unpaired) electrons. The molecule has 114 valence electrons. The first-order valence-corrected chi connectivity index (χ1v) is 8.56. The van der Waals surface area contributed by atoms with Crippen LogP contribution in [-0.4, -0.2) is 69.0 Å². The Morgan fingerprint density at radius 3 is 2.70 bits per heavy atom. The highest BCUT2D eigenvalue weighted by Crippen LogP contribution is 2.37. The van der Waals surface area contributed by atoms with Crippen LogP contribution in [0.25, 0.3) is 0 Å². The zero-order chi connectivity index (χ0) is 14.1. The number of nitrogens with zero attached hydrogens (tertiary/aromatic N) is 2. The van der Waals surface area contributed by atoms with Gasteiger partial charge in [-0.15, -0.1) is 0 Å². The molecule has 2 aliphatic heterocycles. The Balaban J connectivity index is 1.49. The molecule has 20 heavy (non-hydrogen) atoms. The van der Waals surface area contributed by atoms with Crippen molar-refractivity contribution >= 4 is 0 Å². The van der Waals surface area contributed by atoms with Crippen molar-refractivity contribution in [1.29, 1.82) is 0 Å². The van der Waals surface area contributed by atoms with Gasteiger partial charge in [0.25, 0.3) is 0 Å². The van der Waals surface area contributed by atoms with Crippen LogP contribution in [0.15, 0.2) is 11.8 Å². The normalized spacial score (nSPS) is 36.5. The average Bonchev–Trinajstić information content (AvgIpc) is 2.75. The third kappa shape index (κ3) is 3.26. The van der Waals surface area contributed by atoms with E-state index in [2.05, 4.69) is 20.3 Å². The first-order chi connectivity index (χ1) is 9.59. The van der Waals surface area contributed by atoms with Crippen LogP contribution in [0.3, 0.4) is 0 Å². The van der Waals surface area contributed by atoms with E-state index in [9.17, 15) is 0 Å². The smallest absolute Gasteiger partial charge is 0.102 e. The first kappa shape index (κ1) is 14.6. The van der Waals surface area contributed by atoms with Gasteiger partial charge in [0, 0.05) is 12.3 Å². The van der Waals surface area contributed by atoms with Gasteiger partial charge in [-0.05, 0) is 24.8 Å². The zero-order valence-electron chi connectivity index (χ0n) is 13.4. The number of likely N-dealkylation sites (N-methyl/N-ethyl adjacent to an activating group) is 1. The highest BCUT2D eigenvalue weighted by atomic mass is 16.5. The maximum atomic E-state index is 5.50. The van der Waals surface area contributed by atoms with E-state index in [0.29, 0.717) is 0 Å². The van der Waals surface area contributed by atoms with Crippen molar-refractivity contribution in [3.63, 3.8) is 0 Å². The molecule has 1 saturated heterocycles. The number of quaternary nitrogens is 2. The fourth-order valence-electron chi connectivity index (χ4n) is 4.42. The lowest BCUT2D eigenvalue weighted by atomic mass is 9.86. The summed E-state index contributed by atoms with van der Waals surface area (Å²) >= 11 is 0. The molecule has 0 bridgehead atoms. The second-order valence-electron chi connectivity index (χ2n) is 7.79. The molecule has 3 aliphatic rings. The summed E-state index contributed by atoms with van der Waals surface area (Å²) in [6.07, 6.45) is 9.68. The van der Waals surface area contributed by atoms with Gasteiger partial charge in [0.05, 0.1) is 53.1 Å². The quantitative estimate of drug-likeness (QED) is 0.719. The Kier molecular flexibility index (Phi) is 4.21. The molecule has 0 aromatic carbocycles. The van der Waals surface area contributed by atoms with Crippen molar-refractivity contribution in [1.82, 2.24) is 0 Å². The number of fused-ring (bicyclic) bond motifs is 1. The van der Waals surface area contributed by atoms with Crippen molar-refractivity contribution in [2.45, 2.75) is 32.1 Å². The maximum Gasteiger partial charge on any atom is 0.102 e. The van der Waals surface area contributed by atoms with Gasteiger partial charge in [-0.2, -0.15) is 0 Å². The van der Waals surface area contributed by atoms with Crippen LogP contribution in [0.5, 0.6) is 0 Å². The topological polar surface area (TPSA) is 9.23 Å². The molecule has 1 saturated carbocycles. The van der Waals surface area contributed by atoms with Crippen molar-refractivity contribution in [2.24, 2.45) is 5.92 Å². The monoisotopic (exact) mass is 280 g/mol. The number of hydrogen-bond donors (Lipinski definition) is 0. The summed E-state index contributed by atoms with van der Waals surface area (Å²) in [5.74, 6) is 0.918. The van der Waals surface area contributed by atoms with E-state index >= 15 is 0 Å². The molecular formula is C17H32N2O+2. The van der Waals surface area contributed by atoms with E-state index in [-0.39, 0.29) is 0 Å². The third-order valence-corrected chi connectivity index (χ3v) is 5.83. The van der Waals surface area contributed by atoms with Gasteiger partial charge in [-0.1, -0.05) is 6.42 Å². The van der Waals surface area contributed by atoms with Crippen molar-refractivity contribution < 1.29 is 13.7 Å². The van der Waals surface area contributed by atoms with Crippen LogP contribution >= 0.6 is 0 Å². The van der Waals surface area contributed by atoms with E-state index in [1.54, 1.807) is 5.57 Å². The molecule has 2 heterocycles. The van der Waals surface area contributed by atoms with E-state index < -0.39 is 0 Å². The third-order valence-electron chi connectivity index (χ3n) is 5.83. The van der Waals surface area contributed by atoms with Crippen LogP contribution in [0.2, 0.25) is 0 Å². The van der Waals surface area contributed by atoms with Gasteiger partial charge < -0.3 is 9.22 Å². The van der Waals surface area contributed by atoms with Gasteiger partial charge in [0.1, 0.15) is 13.1 Å². The molecule has 2 fully saturated rings. The number of ether oxygens (including phenoxy) is 1. The molecule has 2 unspecified atom stereocenters. The fraction of sp³-hybridized carbons (Fsp3) is 0.882. The predicted octanol–water partition coefficient (Wildman–Crippen LogP) is 2.39. The lowest BCUT2D eigenvalue weighted by Crippen LogP contribution is -2.53. The van der Waals surface area contributed by atoms with E-state index in [1.807, 2.05) is 0 Å². The summed E-state index contributed by atoms with van der Waals surface area (Å²) in [4.78, 5) is 0. The molecule has 0 aromatic rings. The molecule has 0 aromatic heterocycles. The summed E-state index contributed by atoms with van der Waals surface area (Å²) in [7, 11) is 4.86. The minimum absolute atomic E-state index is 0.918. The molecule has 2 atom stereocenters. The van der Waals surface area contributed by atoms with Gasteiger partial charge in [0.15, 0.2) is 0 Å². The van der Waals surface area contributed by atoms with Crippen LogP contribution in [0.4, 0.5) is 0 Å². The zero-order valence-corrected chi connectivity index (χ0v) is 13.4.